The van der Waals surface area contributed by atoms with E-state index >= 15 is 0 Å². The minimum atomic E-state index is -3.16. The molecule has 0 aromatic heterocycles. The van der Waals surface area contributed by atoms with Crippen molar-refractivity contribution in [2.24, 2.45) is 5.92 Å². The van der Waals surface area contributed by atoms with Gasteiger partial charge in [-0.2, -0.15) is 0 Å². The van der Waals surface area contributed by atoms with Gasteiger partial charge in [-0.15, -0.1) is 0 Å². The lowest BCUT2D eigenvalue weighted by atomic mass is 9.97. The summed E-state index contributed by atoms with van der Waals surface area (Å²) in [4.78, 5) is 12.2. The topological polar surface area (TPSA) is 66.5 Å². The second-order valence-electron chi connectivity index (χ2n) is 6.80. The maximum Gasteiger partial charge on any atom is 0.252 e. The van der Waals surface area contributed by atoms with Gasteiger partial charge in [0.15, 0.2) is 0 Å². The van der Waals surface area contributed by atoms with Crippen molar-refractivity contribution in [2.75, 3.05) is 25.4 Å². The highest BCUT2D eigenvalue weighted by Crippen LogP contribution is 2.25. The molecule has 0 saturated carbocycles. The Bertz CT molecular complexity index is 774. The number of nitrogens with one attached hydrogen (secondary N) is 1. The molecule has 1 aromatic rings. The van der Waals surface area contributed by atoms with E-state index in [1.807, 2.05) is 6.92 Å². The molecule has 0 aliphatic carbocycles. The number of hydrogen-bond acceptors (Lipinski definition) is 3. The van der Waals surface area contributed by atoms with Crippen molar-refractivity contribution in [1.82, 2.24) is 9.62 Å². The zero-order chi connectivity index (χ0) is 20.0. The van der Waals surface area contributed by atoms with Crippen molar-refractivity contribution in [3.63, 3.8) is 0 Å². The number of amides is 1. The first-order valence-electron chi connectivity index (χ1n) is 9.15. The quantitative estimate of drug-likeness (QED) is 0.651. The van der Waals surface area contributed by atoms with E-state index in [1.54, 1.807) is 4.31 Å². The molecule has 1 fully saturated rings. The van der Waals surface area contributed by atoms with E-state index in [2.05, 4.69) is 5.32 Å². The maximum absolute atomic E-state index is 13.5. The van der Waals surface area contributed by atoms with E-state index in [-0.39, 0.29) is 21.4 Å². The van der Waals surface area contributed by atoms with Crippen LogP contribution in [-0.2, 0) is 10.0 Å². The summed E-state index contributed by atoms with van der Waals surface area (Å²) in [5.41, 5.74) is 0.0521. The number of benzene rings is 1. The van der Waals surface area contributed by atoms with E-state index in [0.717, 1.165) is 31.7 Å². The number of nitrogens with zero attached hydrogens (tertiary/aromatic N) is 1. The fraction of sp³-hybridized carbons (Fsp3) is 0.611. The van der Waals surface area contributed by atoms with Crippen LogP contribution in [0.1, 0.15) is 49.4 Å². The van der Waals surface area contributed by atoms with Gasteiger partial charge in [-0.3, -0.25) is 4.79 Å². The highest BCUT2D eigenvalue weighted by Gasteiger charge is 2.25. The van der Waals surface area contributed by atoms with Crippen molar-refractivity contribution in [1.29, 1.82) is 0 Å². The molecule has 1 unspecified atom stereocenters. The number of halogens is 3. The van der Waals surface area contributed by atoms with Gasteiger partial charge < -0.3 is 5.32 Å². The van der Waals surface area contributed by atoms with Crippen LogP contribution in [0.3, 0.4) is 0 Å². The molecule has 27 heavy (non-hydrogen) atoms. The fourth-order valence-electron chi connectivity index (χ4n) is 3.27. The Kier molecular flexibility index (Phi) is 8.34. The van der Waals surface area contributed by atoms with Gasteiger partial charge in [-0.25, -0.2) is 17.1 Å². The van der Waals surface area contributed by atoms with E-state index in [9.17, 15) is 17.6 Å². The minimum Gasteiger partial charge on any atom is -0.352 e. The molecule has 152 valence electrons. The lowest BCUT2D eigenvalue weighted by Crippen LogP contribution is -2.34. The average Bonchev–Trinajstić information content (AvgIpc) is 2.84. The third kappa shape index (κ3) is 6.31. The summed E-state index contributed by atoms with van der Waals surface area (Å²) in [6.45, 7) is 3.37. The van der Waals surface area contributed by atoms with Crippen LogP contribution >= 0.6 is 23.2 Å². The van der Waals surface area contributed by atoms with Crippen LogP contribution in [0.2, 0.25) is 10.0 Å². The summed E-state index contributed by atoms with van der Waals surface area (Å²) in [7, 11) is -3.16. The molecule has 0 bridgehead atoms. The van der Waals surface area contributed by atoms with Crippen LogP contribution in [0.5, 0.6) is 0 Å². The summed E-state index contributed by atoms with van der Waals surface area (Å²) in [5.74, 6) is -0.615. The molecule has 1 N–H and O–H groups in total. The second kappa shape index (κ2) is 10.0. The van der Waals surface area contributed by atoms with Crippen LogP contribution < -0.4 is 5.32 Å². The van der Waals surface area contributed by atoms with Crippen LogP contribution in [0.15, 0.2) is 12.1 Å². The van der Waals surface area contributed by atoms with E-state index in [4.69, 9.17) is 23.2 Å². The second-order valence-corrected chi connectivity index (χ2v) is 9.71. The Labute approximate surface area is 170 Å². The summed E-state index contributed by atoms with van der Waals surface area (Å²) in [6.07, 6.45) is 3.86. The van der Waals surface area contributed by atoms with Gasteiger partial charge in [0.05, 0.1) is 21.4 Å². The molecule has 0 radical (unpaired) electrons. The Morgan fingerprint density at radius 3 is 2.70 bits per heavy atom. The van der Waals surface area contributed by atoms with Gasteiger partial charge in [-0.1, -0.05) is 30.1 Å². The highest BCUT2D eigenvalue weighted by atomic mass is 35.5. The minimum absolute atomic E-state index is 0.0521. The summed E-state index contributed by atoms with van der Waals surface area (Å²) in [5, 5.41) is 2.73. The largest absolute Gasteiger partial charge is 0.352 e. The first-order chi connectivity index (χ1) is 12.7. The smallest absolute Gasteiger partial charge is 0.252 e. The third-order valence-electron chi connectivity index (χ3n) is 4.75. The zero-order valence-electron chi connectivity index (χ0n) is 15.3. The number of sulfonamides is 1. The van der Waals surface area contributed by atoms with Gasteiger partial charge in [0, 0.05) is 19.6 Å². The maximum atomic E-state index is 13.5. The van der Waals surface area contributed by atoms with Crippen LogP contribution in [0.4, 0.5) is 4.39 Å². The van der Waals surface area contributed by atoms with Crippen LogP contribution in [-0.4, -0.2) is 44.0 Å². The molecule has 1 aliphatic rings. The number of carbonyl (C=O) groups is 1. The van der Waals surface area contributed by atoms with Crippen molar-refractivity contribution in [2.45, 2.75) is 39.0 Å². The molecular formula is C18H25Cl2FN2O3S. The molecule has 2 rings (SSSR count). The molecule has 1 aromatic carbocycles. The molecular weight excluding hydrogens is 414 g/mol. The monoisotopic (exact) mass is 438 g/mol. The molecule has 1 heterocycles. The number of rotatable bonds is 7. The molecule has 1 atom stereocenters. The molecule has 0 spiro atoms. The molecule has 1 aliphatic heterocycles. The first-order valence-corrected chi connectivity index (χ1v) is 11.5. The zero-order valence-corrected chi connectivity index (χ0v) is 17.6. The fourth-order valence-corrected chi connectivity index (χ4v) is 5.31. The Morgan fingerprint density at radius 2 is 2.00 bits per heavy atom. The van der Waals surface area contributed by atoms with Crippen molar-refractivity contribution in [3.05, 3.63) is 33.6 Å². The molecule has 1 saturated heterocycles. The lowest BCUT2D eigenvalue weighted by Gasteiger charge is -2.20. The van der Waals surface area contributed by atoms with Gasteiger partial charge >= 0.3 is 0 Å². The predicted octanol–water partition coefficient (Wildman–Crippen LogP) is 4.09. The molecule has 9 heteroatoms. The molecule has 1 amide bonds. The Hall–Kier alpha value is -0.890. The first kappa shape index (κ1) is 22.4. The van der Waals surface area contributed by atoms with E-state index in [1.165, 1.54) is 6.07 Å². The predicted molar refractivity (Wildman–Crippen MR) is 106 cm³/mol. The third-order valence-corrected chi connectivity index (χ3v) is 7.43. The van der Waals surface area contributed by atoms with Crippen molar-refractivity contribution < 1.29 is 17.6 Å². The van der Waals surface area contributed by atoms with E-state index < -0.39 is 21.7 Å². The number of hydrogen-bond donors (Lipinski definition) is 1. The summed E-state index contributed by atoms with van der Waals surface area (Å²) < 4.78 is 39.5. The SMILES string of the molecule is CCCS(=O)(=O)N1CCCC(CCNC(=O)c2cc(F)c(Cl)cc2Cl)CC1. The highest BCUT2D eigenvalue weighted by molar-refractivity contribution is 7.89. The molecule has 5 nitrogen and oxygen atoms in total. The van der Waals surface area contributed by atoms with Gasteiger partial charge in [0.2, 0.25) is 10.0 Å². The summed E-state index contributed by atoms with van der Waals surface area (Å²) in [6, 6.07) is 2.24. The van der Waals surface area contributed by atoms with E-state index in [0.29, 0.717) is 32.0 Å². The normalized spacial score (nSPS) is 18.9. The van der Waals surface area contributed by atoms with Crippen LogP contribution in [0.25, 0.3) is 0 Å². The van der Waals surface area contributed by atoms with Gasteiger partial charge in [-0.05, 0) is 50.2 Å². The Morgan fingerprint density at radius 1 is 1.26 bits per heavy atom. The summed E-state index contributed by atoms with van der Waals surface area (Å²) >= 11 is 11.6. The van der Waals surface area contributed by atoms with Gasteiger partial charge in [0.25, 0.3) is 5.91 Å². The van der Waals surface area contributed by atoms with Crippen molar-refractivity contribution in [3.8, 4) is 0 Å². The standard InChI is InChI=1S/C18H25Cl2FN2O3S/c1-2-10-27(25,26)23-8-3-4-13(6-9-23)5-7-22-18(24)14-11-17(21)16(20)12-15(14)19/h11-13H,2-10H2,1H3,(H,22,24). The van der Waals surface area contributed by atoms with Gasteiger partial charge in [0.1, 0.15) is 5.82 Å². The van der Waals surface area contributed by atoms with Crippen molar-refractivity contribution >= 4 is 39.1 Å². The average molecular weight is 439 g/mol. The Balaban J connectivity index is 1.84. The lowest BCUT2D eigenvalue weighted by molar-refractivity contribution is 0.0950. The number of carbonyl (C=O) groups excluding carboxylic acids is 1. The van der Waals surface area contributed by atoms with Crippen LogP contribution in [0, 0.1) is 11.7 Å².